The molecule has 1 saturated heterocycles. The first-order valence-corrected chi connectivity index (χ1v) is 7.79. The van der Waals surface area contributed by atoms with E-state index in [1.165, 1.54) is 0 Å². The quantitative estimate of drug-likeness (QED) is 0.777. The van der Waals surface area contributed by atoms with Crippen molar-refractivity contribution in [3.8, 4) is 0 Å². The summed E-state index contributed by atoms with van der Waals surface area (Å²) in [4.78, 5) is 9.48. The fourth-order valence-electron chi connectivity index (χ4n) is 1.91. The zero-order chi connectivity index (χ0) is 11.9. The van der Waals surface area contributed by atoms with E-state index in [1.807, 2.05) is 0 Å². The van der Waals surface area contributed by atoms with Crippen molar-refractivity contribution < 1.29 is 18.5 Å². The topological polar surface area (TPSA) is 55.8 Å². The van der Waals surface area contributed by atoms with Crippen LogP contribution in [0.1, 0.15) is 58.3 Å². The van der Waals surface area contributed by atoms with E-state index in [0.717, 1.165) is 51.4 Å². The predicted molar refractivity (Wildman–Crippen MR) is 63.3 cm³/mol. The molecular formula is C11H23O4P. The van der Waals surface area contributed by atoms with Gasteiger partial charge in [-0.25, -0.2) is 4.57 Å². The smallest absolute Gasteiger partial charge is 0.302 e. The highest BCUT2D eigenvalue weighted by molar-refractivity contribution is 7.47. The van der Waals surface area contributed by atoms with E-state index in [1.54, 1.807) is 0 Å². The Morgan fingerprint density at radius 2 is 2.06 bits per heavy atom. The summed E-state index contributed by atoms with van der Waals surface area (Å²) < 4.78 is 21.7. The van der Waals surface area contributed by atoms with Crippen LogP contribution in [0.2, 0.25) is 0 Å². The Labute approximate surface area is 98.0 Å². The normalized spacial score (nSPS) is 33.5. The standard InChI is InChI=1S/C11H23O4P/c1-2-3-8-11-9-6-4-5-7-10-14-16(12,13)15-11/h11H,2-10H2,1H3,(H,12,13). The minimum absolute atomic E-state index is 0.117. The number of unbranched alkanes of at least 4 members (excludes halogenated alkanes) is 1. The third-order valence-corrected chi connectivity index (χ3v) is 3.91. The lowest BCUT2D eigenvalue weighted by Crippen LogP contribution is -2.14. The minimum Gasteiger partial charge on any atom is -0.302 e. The predicted octanol–water partition coefficient (Wildman–Crippen LogP) is 3.64. The molecule has 0 aliphatic carbocycles. The zero-order valence-corrected chi connectivity index (χ0v) is 11.0. The molecule has 1 fully saturated rings. The SMILES string of the molecule is CCCCC1CCCCCCOP(=O)(O)O1. The summed E-state index contributed by atoms with van der Waals surface area (Å²) in [5, 5.41) is 0. The van der Waals surface area contributed by atoms with Gasteiger partial charge in [0.2, 0.25) is 0 Å². The summed E-state index contributed by atoms with van der Waals surface area (Å²) in [5.74, 6) is 0. The van der Waals surface area contributed by atoms with E-state index in [9.17, 15) is 9.46 Å². The molecule has 0 saturated carbocycles. The number of phosphoric ester groups is 1. The first-order valence-electron chi connectivity index (χ1n) is 6.30. The fourth-order valence-corrected chi connectivity index (χ4v) is 2.92. The lowest BCUT2D eigenvalue weighted by atomic mass is 10.0. The molecule has 0 radical (unpaired) electrons. The Morgan fingerprint density at radius 3 is 2.81 bits per heavy atom. The van der Waals surface area contributed by atoms with Crippen LogP contribution in [-0.2, 0) is 13.6 Å². The van der Waals surface area contributed by atoms with Gasteiger partial charge in [0, 0.05) is 0 Å². The molecule has 1 N–H and O–H groups in total. The second kappa shape index (κ2) is 7.44. The summed E-state index contributed by atoms with van der Waals surface area (Å²) in [5.41, 5.74) is 0. The monoisotopic (exact) mass is 250 g/mol. The van der Waals surface area contributed by atoms with Crippen molar-refractivity contribution >= 4 is 7.82 Å². The highest BCUT2D eigenvalue weighted by atomic mass is 31.2. The van der Waals surface area contributed by atoms with Gasteiger partial charge < -0.3 is 4.89 Å². The molecule has 1 rings (SSSR count). The van der Waals surface area contributed by atoms with E-state index < -0.39 is 7.82 Å². The van der Waals surface area contributed by atoms with Gasteiger partial charge >= 0.3 is 7.82 Å². The summed E-state index contributed by atoms with van der Waals surface area (Å²) in [6.07, 6.45) is 7.86. The van der Waals surface area contributed by atoms with Crippen molar-refractivity contribution in [3.05, 3.63) is 0 Å². The second-order valence-corrected chi connectivity index (χ2v) is 5.78. The van der Waals surface area contributed by atoms with Crippen LogP contribution in [0, 0.1) is 0 Å². The Hall–Kier alpha value is 0.110. The first-order chi connectivity index (χ1) is 7.64. The van der Waals surface area contributed by atoms with Crippen molar-refractivity contribution in [2.45, 2.75) is 64.4 Å². The van der Waals surface area contributed by atoms with Crippen LogP contribution in [0.4, 0.5) is 0 Å². The highest BCUT2D eigenvalue weighted by Crippen LogP contribution is 2.46. The Morgan fingerprint density at radius 1 is 1.31 bits per heavy atom. The Kier molecular flexibility index (Phi) is 6.59. The summed E-state index contributed by atoms with van der Waals surface area (Å²) in [6, 6.07) is 0. The van der Waals surface area contributed by atoms with Crippen molar-refractivity contribution in [1.82, 2.24) is 0 Å². The van der Waals surface area contributed by atoms with Crippen LogP contribution in [-0.4, -0.2) is 17.6 Å². The molecule has 0 spiro atoms. The molecule has 0 aromatic rings. The van der Waals surface area contributed by atoms with Crippen molar-refractivity contribution in [2.24, 2.45) is 0 Å². The summed E-state index contributed by atoms with van der Waals surface area (Å²) >= 11 is 0. The number of rotatable bonds is 3. The maximum absolute atomic E-state index is 11.6. The summed E-state index contributed by atoms with van der Waals surface area (Å²) in [6.45, 7) is 2.43. The average Bonchev–Trinajstić information content (AvgIpc) is 2.23. The van der Waals surface area contributed by atoms with Crippen molar-refractivity contribution in [3.63, 3.8) is 0 Å². The molecule has 16 heavy (non-hydrogen) atoms. The molecular weight excluding hydrogens is 227 g/mol. The van der Waals surface area contributed by atoms with Crippen LogP contribution in [0.25, 0.3) is 0 Å². The molecule has 2 unspecified atom stereocenters. The van der Waals surface area contributed by atoms with Crippen LogP contribution >= 0.6 is 7.82 Å². The fraction of sp³-hybridized carbons (Fsp3) is 1.00. The molecule has 1 aliphatic rings. The van der Waals surface area contributed by atoms with E-state index in [2.05, 4.69) is 6.92 Å². The van der Waals surface area contributed by atoms with Gasteiger partial charge in [0.25, 0.3) is 0 Å². The molecule has 96 valence electrons. The van der Waals surface area contributed by atoms with Crippen LogP contribution < -0.4 is 0 Å². The molecule has 0 aromatic carbocycles. The maximum atomic E-state index is 11.6. The maximum Gasteiger partial charge on any atom is 0.472 e. The van der Waals surface area contributed by atoms with Crippen LogP contribution in [0.5, 0.6) is 0 Å². The molecule has 1 heterocycles. The average molecular weight is 250 g/mol. The molecule has 0 amide bonds. The lowest BCUT2D eigenvalue weighted by molar-refractivity contribution is 0.0862. The van der Waals surface area contributed by atoms with Crippen molar-refractivity contribution in [1.29, 1.82) is 0 Å². The molecule has 2 atom stereocenters. The third kappa shape index (κ3) is 6.00. The van der Waals surface area contributed by atoms with Crippen LogP contribution in [0.15, 0.2) is 0 Å². The molecule has 1 aliphatic heterocycles. The van der Waals surface area contributed by atoms with Gasteiger partial charge in [-0.15, -0.1) is 0 Å². The third-order valence-electron chi connectivity index (χ3n) is 2.84. The van der Waals surface area contributed by atoms with Gasteiger partial charge in [-0.05, 0) is 19.3 Å². The number of hydrogen-bond donors (Lipinski definition) is 1. The van der Waals surface area contributed by atoms with E-state index in [-0.39, 0.29) is 6.10 Å². The van der Waals surface area contributed by atoms with E-state index in [4.69, 9.17) is 9.05 Å². The molecule has 4 nitrogen and oxygen atoms in total. The summed E-state index contributed by atoms with van der Waals surface area (Å²) in [7, 11) is -3.80. The van der Waals surface area contributed by atoms with Gasteiger partial charge in [-0.1, -0.05) is 39.0 Å². The molecule has 0 aromatic heterocycles. The minimum atomic E-state index is -3.80. The van der Waals surface area contributed by atoms with Gasteiger partial charge in [0.15, 0.2) is 0 Å². The highest BCUT2D eigenvalue weighted by Gasteiger charge is 2.26. The van der Waals surface area contributed by atoms with E-state index in [0.29, 0.717) is 6.61 Å². The van der Waals surface area contributed by atoms with Gasteiger partial charge in [0.05, 0.1) is 12.7 Å². The lowest BCUT2D eigenvalue weighted by Gasteiger charge is -2.22. The Bertz CT molecular complexity index is 232. The molecule has 5 heteroatoms. The van der Waals surface area contributed by atoms with E-state index >= 15 is 0 Å². The van der Waals surface area contributed by atoms with Gasteiger partial charge in [-0.2, -0.15) is 0 Å². The number of phosphoric acid groups is 1. The first kappa shape index (κ1) is 14.2. The Balaban J connectivity index is 2.47. The van der Waals surface area contributed by atoms with Crippen molar-refractivity contribution in [2.75, 3.05) is 6.61 Å². The molecule has 0 bridgehead atoms. The van der Waals surface area contributed by atoms with Gasteiger partial charge in [-0.3, -0.25) is 9.05 Å². The second-order valence-electron chi connectivity index (χ2n) is 4.37. The van der Waals surface area contributed by atoms with Gasteiger partial charge in [0.1, 0.15) is 0 Å². The largest absolute Gasteiger partial charge is 0.472 e. The number of hydrogen-bond acceptors (Lipinski definition) is 3. The van der Waals surface area contributed by atoms with Crippen LogP contribution in [0.3, 0.4) is 0 Å². The zero-order valence-electron chi connectivity index (χ0n) is 10.1.